The second-order valence-electron chi connectivity index (χ2n) is 6.01. The zero-order valence-corrected chi connectivity index (χ0v) is 14.2. The van der Waals surface area contributed by atoms with Crippen LogP contribution in [0.3, 0.4) is 0 Å². The monoisotopic (exact) mass is 351 g/mol. The number of halogens is 2. The molecule has 0 saturated heterocycles. The molecular weight excluding hydrogens is 332 g/mol. The number of benzene rings is 3. The molecule has 0 aliphatic rings. The van der Waals surface area contributed by atoms with Crippen LogP contribution < -0.4 is 5.32 Å². The number of aryl methyl sites for hydroxylation is 1. The fourth-order valence-electron chi connectivity index (χ4n) is 2.81. The highest BCUT2D eigenvalue weighted by molar-refractivity contribution is 6.12. The Morgan fingerprint density at radius 2 is 1.58 bits per heavy atom. The average molecular weight is 351 g/mol. The molecule has 0 unspecified atom stereocenters. The van der Waals surface area contributed by atoms with Gasteiger partial charge in [0.25, 0.3) is 0 Å². The van der Waals surface area contributed by atoms with E-state index < -0.39 is 17.4 Å². The Bertz CT molecular complexity index is 894. The van der Waals surface area contributed by atoms with E-state index in [2.05, 4.69) is 17.4 Å². The Balaban J connectivity index is 1.68. The lowest BCUT2D eigenvalue weighted by atomic mass is 10.0. The number of anilines is 1. The van der Waals surface area contributed by atoms with Crippen LogP contribution in [0.1, 0.15) is 27.9 Å². The molecule has 0 saturated carbocycles. The minimum Gasteiger partial charge on any atom is -0.384 e. The van der Waals surface area contributed by atoms with Crippen LogP contribution in [-0.4, -0.2) is 12.3 Å². The number of hydrogen-bond acceptors (Lipinski definition) is 2. The average Bonchev–Trinajstić information content (AvgIpc) is 2.66. The highest BCUT2D eigenvalue weighted by Crippen LogP contribution is 2.21. The van der Waals surface area contributed by atoms with Gasteiger partial charge in [-0.15, -0.1) is 0 Å². The highest BCUT2D eigenvalue weighted by Gasteiger charge is 2.17. The van der Waals surface area contributed by atoms with Gasteiger partial charge >= 0.3 is 0 Å². The van der Waals surface area contributed by atoms with Crippen LogP contribution in [0.2, 0.25) is 0 Å². The first-order valence-electron chi connectivity index (χ1n) is 8.52. The molecule has 0 bridgehead atoms. The van der Waals surface area contributed by atoms with E-state index in [4.69, 9.17) is 0 Å². The SMILES string of the molecule is O=C(c1ccc(F)cc1F)c1ccccc1NCCCc1ccccc1. The second-order valence-corrected chi connectivity index (χ2v) is 6.01. The van der Waals surface area contributed by atoms with Crippen LogP contribution in [0.4, 0.5) is 14.5 Å². The van der Waals surface area contributed by atoms with Crippen LogP contribution in [0, 0.1) is 11.6 Å². The highest BCUT2D eigenvalue weighted by atomic mass is 19.1. The number of ketones is 1. The van der Waals surface area contributed by atoms with Crippen molar-refractivity contribution in [2.24, 2.45) is 0 Å². The summed E-state index contributed by atoms with van der Waals surface area (Å²) in [4.78, 5) is 12.7. The summed E-state index contributed by atoms with van der Waals surface area (Å²) in [6, 6.07) is 20.1. The van der Waals surface area contributed by atoms with E-state index in [-0.39, 0.29) is 5.56 Å². The Morgan fingerprint density at radius 3 is 2.35 bits per heavy atom. The first-order chi connectivity index (χ1) is 12.6. The lowest BCUT2D eigenvalue weighted by molar-refractivity contribution is 0.103. The smallest absolute Gasteiger partial charge is 0.198 e. The van der Waals surface area contributed by atoms with Crippen molar-refractivity contribution in [3.05, 3.63) is 101 Å². The lowest BCUT2D eigenvalue weighted by Gasteiger charge is -2.12. The van der Waals surface area contributed by atoms with Gasteiger partial charge in [-0.05, 0) is 42.7 Å². The van der Waals surface area contributed by atoms with Crippen LogP contribution in [0.5, 0.6) is 0 Å². The van der Waals surface area contributed by atoms with Gasteiger partial charge in [-0.1, -0.05) is 42.5 Å². The largest absolute Gasteiger partial charge is 0.384 e. The Labute approximate surface area is 151 Å². The van der Waals surface area contributed by atoms with Crippen molar-refractivity contribution in [1.82, 2.24) is 0 Å². The Kier molecular flexibility index (Phi) is 5.74. The minimum atomic E-state index is -0.853. The number of hydrogen-bond donors (Lipinski definition) is 1. The maximum absolute atomic E-state index is 13.9. The van der Waals surface area contributed by atoms with Gasteiger partial charge in [0.2, 0.25) is 0 Å². The second kappa shape index (κ2) is 8.39. The van der Waals surface area contributed by atoms with Gasteiger partial charge in [0.05, 0.1) is 5.56 Å². The molecule has 0 fully saturated rings. The summed E-state index contributed by atoms with van der Waals surface area (Å²) in [5.74, 6) is -2.02. The van der Waals surface area contributed by atoms with Gasteiger partial charge in [-0.3, -0.25) is 4.79 Å². The number of nitrogens with one attached hydrogen (secondary N) is 1. The van der Waals surface area contributed by atoms with Crippen molar-refractivity contribution >= 4 is 11.5 Å². The molecule has 4 heteroatoms. The van der Waals surface area contributed by atoms with E-state index >= 15 is 0 Å². The van der Waals surface area contributed by atoms with E-state index in [0.29, 0.717) is 17.8 Å². The molecule has 0 radical (unpaired) electrons. The van der Waals surface area contributed by atoms with E-state index in [1.54, 1.807) is 18.2 Å². The molecule has 2 nitrogen and oxygen atoms in total. The Hall–Kier alpha value is -3.01. The third kappa shape index (κ3) is 4.33. The first kappa shape index (κ1) is 17.8. The van der Waals surface area contributed by atoms with Gasteiger partial charge in [0, 0.05) is 23.9 Å². The molecule has 0 aliphatic carbocycles. The zero-order valence-electron chi connectivity index (χ0n) is 14.2. The first-order valence-corrected chi connectivity index (χ1v) is 8.52. The van der Waals surface area contributed by atoms with Gasteiger partial charge in [-0.2, -0.15) is 0 Å². The standard InChI is InChI=1S/C22H19F2NO/c23-17-12-13-18(20(24)15-17)22(26)19-10-4-5-11-21(19)25-14-6-9-16-7-2-1-3-8-16/h1-5,7-8,10-13,15,25H,6,9,14H2. The predicted octanol–water partition coefficient (Wildman–Crippen LogP) is 5.24. The van der Waals surface area contributed by atoms with Crippen LogP contribution in [0.15, 0.2) is 72.8 Å². The van der Waals surface area contributed by atoms with Crippen molar-refractivity contribution in [3.8, 4) is 0 Å². The van der Waals surface area contributed by atoms with Gasteiger partial charge in [-0.25, -0.2) is 8.78 Å². The van der Waals surface area contributed by atoms with Crippen molar-refractivity contribution in [3.63, 3.8) is 0 Å². The van der Waals surface area contributed by atoms with Crippen LogP contribution in [-0.2, 0) is 6.42 Å². The van der Waals surface area contributed by atoms with Crippen molar-refractivity contribution in [1.29, 1.82) is 0 Å². The fraction of sp³-hybridized carbons (Fsp3) is 0.136. The molecular formula is C22H19F2NO. The molecule has 3 rings (SSSR count). The number of rotatable bonds is 7. The molecule has 132 valence electrons. The maximum Gasteiger partial charge on any atom is 0.198 e. The summed E-state index contributed by atoms with van der Waals surface area (Å²) in [5.41, 5.74) is 2.14. The maximum atomic E-state index is 13.9. The van der Waals surface area contributed by atoms with Crippen molar-refractivity contribution in [2.45, 2.75) is 12.8 Å². The predicted molar refractivity (Wildman–Crippen MR) is 99.5 cm³/mol. The lowest BCUT2D eigenvalue weighted by Crippen LogP contribution is -2.11. The number of carbonyl (C=O) groups is 1. The van der Waals surface area contributed by atoms with Crippen molar-refractivity contribution < 1.29 is 13.6 Å². The minimum absolute atomic E-state index is 0.134. The third-order valence-electron chi connectivity index (χ3n) is 4.15. The Morgan fingerprint density at radius 1 is 0.846 bits per heavy atom. The summed E-state index contributed by atoms with van der Waals surface area (Å²) in [7, 11) is 0. The van der Waals surface area contributed by atoms with Gasteiger partial charge < -0.3 is 5.32 Å². The summed E-state index contributed by atoms with van der Waals surface area (Å²) < 4.78 is 27.0. The summed E-state index contributed by atoms with van der Waals surface area (Å²) in [6.45, 7) is 0.686. The van der Waals surface area contributed by atoms with E-state index in [9.17, 15) is 13.6 Å². The molecule has 0 atom stereocenters. The van der Waals surface area contributed by atoms with Gasteiger partial charge in [0.1, 0.15) is 11.6 Å². The molecule has 26 heavy (non-hydrogen) atoms. The zero-order chi connectivity index (χ0) is 18.4. The van der Waals surface area contributed by atoms with E-state index in [1.165, 1.54) is 11.6 Å². The molecule has 1 N–H and O–H groups in total. The molecule has 3 aromatic rings. The molecule has 0 amide bonds. The van der Waals surface area contributed by atoms with Crippen LogP contribution >= 0.6 is 0 Å². The fourth-order valence-corrected chi connectivity index (χ4v) is 2.81. The van der Waals surface area contributed by atoms with Crippen LogP contribution in [0.25, 0.3) is 0 Å². The summed E-state index contributed by atoms with van der Waals surface area (Å²) in [5, 5.41) is 3.25. The molecule has 3 aromatic carbocycles. The third-order valence-corrected chi connectivity index (χ3v) is 4.15. The van der Waals surface area contributed by atoms with Gasteiger partial charge in [0.15, 0.2) is 5.78 Å². The van der Waals surface area contributed by atoms with E-state index in [1.807, 2.05) is 24.3 Å². The van der Waals surface area contributed by atoms with E-state index in [0.717, 1.165) is 25.0 Å². The quantitative estimate of drug-likeness (QED) is 0.466. The summed E-state index contributed by atoms with van der Waals surface area (Å²) in [6.07, 6.45) is 1.83. The van der Waals surface area contributed by atoms with Crippen molar-refractivity contribution in [2.75, 3.05) is 11.9 Å². The topological polar surface area (TPSA) is 29.1 Å². The number of carbonyl (C=O) groups excluding carboxylic acids is 1. The normalized spacial score (nSPS) is 10.5. The molecule has 0 heterocycles. The molecule has 0 aromatic heterocycles. The molecule has 0 aliphatic heterocycles. The number of para-hydroxylation sites is 1. The summed E-state index contributed by atoms with van der Waals surface area (Å²) >= 11 is 0. The molecule has 0 spiro atoms.